The Kier molecular flexibility index (Phi) is 6.93. The van der Waals surface area contributed by atoms with Gasteiger partial charge in [-0.1, -0.05) is 41.9 Å². The van der Waals surface area contributed by atoms with Crippen LogP contribution < -0.4 is 5.73 Å². The number of hydrogen-bond acceptors (Lipinski definition) is 3. The fraction of sp³-hybridized carbons (Fsp3) is 0.235. The Bertz CT molecular complexity index is 722. The Morgan fingerprint density at radius 3 is 2.29 bits per heavy atom. The average molecular weight is 366 g/mol. The summed E-state index contributed by atoms with van der Waals surface area (Å²) >= 11 is 3.79. The predicted molar refractivity (Wildman–Crippen MR) is 94.3 cm³/mol. The smallest absolute Gasteiger partial charge is 0.248 e. The Morgan fingerprint density at radius 2 is 1.71 bits per heavy atom. The Labute approximate surface area is 148 Å². The highest BCUT2D eigenvalue weighted by Crippen LogP contribution is 2.16. The molecule has 0 saturated carbocycles. The van der Waals surface area contributed by atoms with Crippen LogP contribution in [0, 0.1) is 0 Å². The van der Waals surface area contributed by atoms with Gasteiger partial charge >= 0.3 is 0 Å². The lowest BCUT2D eigenvalue weighted by Gasteiger charge is -2.24. The first-order chi connectivity index (χ1) is 11.5. The van der Waals surface area contributed by atoms with E-state index in [2.05, 4.69) is 0 Å². The highest BCUT2D eigenvalue weighted by Gasteiger charge is 2.08. The Balaban J connectivity index is 1.92. The SMILES string of the molecule is NC(=O)c1ccc(CCN(CCc2ccccc2Cl)S(=O)[O-])cc1. The third-order valence-corrected chi connectivity index (χ3v) is 4.84. The van der Waals surface area contributed by atoms with Crippen molar-refractivity contribution in [3.63, 3.8) is 0 Å². The molecular weight excluding hydrogens is 348 g/mol. The standard InChI is InChI=1S/C17H19ClN2O3S/c18-16-4-2-1-3-14(16)10-12-20(24(22)23)11-9-13-5-7-15(8-6-13)17(19)21/h1-8H,9-12H2,(H2,19,21)(H,22,23)/p-1. The maximum absolute atomic E-state index is 11.4. The minimum atomic E-state index is -2.30. The largest absolute Gasteiger partial charge is 0.760 e. The van der Waals surface area contributed by atoms with E-state index < -0.39 is 17.2 Å². The highest BCUT2D eigenvalue weighted by atomic mass is 35.5. The molecule has 0 aliphatic rings. The van der Waals surface area contributed by atoms with Gasteiger partial charge in [-0.2, -0.15) is 0 Å². The molecule has 0 radical (unpaired) electrons. The van der Waals surface area contributed by atoms with Gasteiger partial charge in [-0.15, -0.1) is 0 Å². The molecule has 0 aliphatic carbocycles. The fourth-order valence-electron chi connectivity index (χ4n) is 2.30. The van der Waals surface area contributed by atoms with Crippen molar-refractivity contribution in [1.82, 2.24) is 4.31 Å². The van der Waals surface area contributed by atoms with Crippen LogP contribution in [0.4, 0.5) is 0 Å². The molecule has 0 aliphatic heterocycles. The van der Waals surface area contributed by atoms with Crippen LogP contribution in [0.1, 0.15) is 21.5 Å². The second kappa shape index (κ2) is 8.94. The summed E-state index contributed by atoms with van der Waals surface area (Å²) in [5, 5.41) is 0.635. The fourth-order valence-corrected chi connectivity index (χ4v) is 3.01. The van der Waals surface area contributed by atoms with Crippen LogP contribution in [0.2, 0.25) is 5.02 Å². The van der Waals surface area contributed by atoms with Gasteiger partial charge in [0.25, 0.3) is 0 Å². The van der Waals surface area contributed by atoms with Crippen LogP contribution in [0.15, 0.2) is 48.5 Å². The Morgan fingerprint density at radius 1 is 1.08 bits per heavy atom. The lowest BCUT2D eigenvalue weighted by Crippen LogP contribution is -2.30. The van der Waals surface area contributed by atoms with Crippen LogP contribution in [-0.4, -0.2) is 32.1 Å². The molecule has 1 amide bonds. The zero-order valence-corrected chi connectivity index (χ0v) is 14.6. The number of benzene rings is 2. The van der Waals surface area contributed by atoms with E-state index in [4.69, 9.17) is 17.3 Å². The zero-order valence-electron chi connectivity index (χ0n) is 13.0. The van der Waals surface area contributed by atoms with Gasteiger partial charge in [-0.25, -0.2) is 4.31 Å². The van der Waals surface area contributed by atoms with Gasteiger partial charge in [-0.05, 0) is 42.2 Å². The summed E-state index contributed by atoms with van der Waals surface area (Å²) in [4.78, 5) is 11.0. The maximum Gasteiger partial charge on any atom is 0.248 e. The Hall–Kier alpha value is -1.73. The first-order valence-corrected chi connectivity index (χ1v) is 8.85. The van der Waals surface area contributed by atoms with Crippen molar-refractivity contribution in [2.24, 2.45) is 5.73 Å². The topological polar surface area (TPSA) is 86.5 Å². The second-order valence-corrected chi connectivity index (χ2v) is 6.66. The quantitative estimate of drug-likeness (QED) is 0.728. The molecule has 0 aromatic heterocycles. The summed E-state index contributed by atoms with van der Waals surface area (Å²) in [6.45, 7) is 0.718. The van der Waals surface area contributed by atoms with Crippen LogP contribution in [0.5, 0.6) is 0 Å². The van der Waals surface area contributed by atoms with Crippen molar-refractivity contribution in [3.8, 4) is 0 Å². The van der Waals surface area contributed by atoms with Crippen molar-refractivity contribution < 1.29 is 13.6 Å². The number of rotatable bonds is 8. The third-order valence-electron chi connectivity index (χ3n) is 3.69. The monoisotopic (exact) mass is 365 g/mol. The van der Waals surface area contributed by atoms with E-state index in [0.717, 1.165) is 11.1 Å². The minimum absolute atomic E-state index is 0.358. The van der Waals surface area contributed by atoms with Gasteiger partial charge < -0.3 is 10.3 Å². The van der Waals surface area contributed by atoms with Crippen molar-refractivity contribution in [2.45, 2.75) is 12.8 Å². The molecule has 1 unspecified atom stereocenters. The van der Waals surface area contributed by atoms with Gasteiger partial charge in [0.1, 0.15) is 0 Å². The molecule has 128 valence electrons. The van der Waals surface area contributed by atoms with Gasteiger partial charge in [0, 0.05) is 34.9 Å². The van der Waals surface area contributed by atoms with Crippen LogP contribution in [0.25, 0.3) is 0 Å². The number of amides is 1. The van der Waals surface area contributed by atoms with Crippen LogP contribution in [0.3, 0.4) is 0 Å². The number of nitrogens with zero attached hydrogens (tertiary/aromatic N) is 1. The highest BCUT2D eigenvalue weighted by molar-refractivity contribution is 7.76. The van der Waals surface area contributed by atoms with E-state index >= 15 is 0 Å². The van der Waals surface area contributed by atoms with Crippen molar-refractivity contribution >= 4 is 28.8 Å². The lowest BCUT2D eigenvalue weighted by atomic mass is 10.1. The molecule has 5 nitrogen and oxygen atoms in total. The molecule has 1 atom stereocenters. The van der Waals surface area contributed by atoms with Crippen LogP contribution >= 0.6 is 11.6 Å². The molecular formula is C17H18ClN2O3S-. The van der Waals surface area contributed by atoms with Crippen molar-refractivity contribution in [2.75, 3.05) is 13.1 Å². The van der Waals surface area contributed by atoms with E-state index in [1.54, 1.807) is 30.3 Å². The summed E-state index contributed by atoms with van der Waals surface area (Å²) in [5.41, 5.74) is 7.48. The first kappa shape index (κ1) is 18.6. The molecule has 2 aromatic rings. The molecule has 24 heavy (non-hydrogen) atoms. The maximum atomic E-state index is 11.4. The molecule has 0 heterocycles. The molecule has 0 fully saturated rings. The normalized spacial score (nSPS) is 12.3. The van der Waals surface area contributed by atoms with Crippen molar-refractivity contribution in [3.05, 3.63) is 70.2 Å². The molecule has 7 heteroatoms. The van der Waals surface area contributed by atoms with Gasteiger partial charge in [0.05, 0.1) is 0 Å². The summed E-state index contributed by atoms with van der Waals surface area (Å²) in [5.74, 6) is -0.483. The van der Waals surface area contributed by atoms with E-state index in [1.165, 1.54) is 4.31 Å². The summed E-state index contributed by atoms with van der Waals surface area (Å²) in [6.07, 6.45) is 1.10. The number of hydrogen-bond donors (Lipinski definition) is 1. The molecule has 0 saturated heterocycles. The molecule has 2 rings (SSSR count). The second-order valence-electron chi connectivity index (χ2n) is 5.30. The molecule has 2 N–H and O–H groups in total. The summed E-state index contributed by atoms with van der Waals surface area (Å²) < 4.78 is 24.2. The summed E-state index contributed by atoms with van der Waals surface area (Å²) in [7, 11) is 0. The lowest BCUT2D eigenvalue weighted by molar-refractivity contribution is 0.100. The average Bonchev–Trinajstić information content (AvgIpc) is 2.56. The molecule has 0 spiro atoms. The van der Waals surface area contributed by atoms with Crippen molar-refractivity contribution in [1.29, 1.82) is 0 Å². The number of halogens is 1. The number of carbonyl (C=O) groups excluding carboxylic acids is 1. The first-order valence-electron chi connectivity index (χ1n) is 7.44. The van der Waals surface area contributed by atoms with Gasteiger partial charge in [-0.3, -0.25) is 9.00 Å². The van der Waals surface area contributed by atoms with Gasteiger partial charge in [0.2, 0.25) is 5.91 Å². The third kappa shape index (κ3) is 5.42. The number of carbonyl (C=O) groups is 1. The minimum Gasteiger partial charge on any atom is -0.760 e. The van der Waals surface area contributed by atoms with Crippen LogP contribution in [-0.2, 0) is 24.1 Å². The van der Waals surface area contributed by atoms with E-state index in [0.29, 0.717) is 36.5 Å². The zero-order chi connectivity index (χ0) is 17.5. The summed E-state index contributed by atoms with van der Waals surface area (Å²) in [6, 6.07) is 14.2. The van der Waals surface area contributed by atoms with Gasteiger partial charge in [0.15, 0.2) is 0 Å². The molecule has 2 aromatic carbocycles. The predicted octanol–water partition coefficient (Wildman–Crippen LogP) is 2.32. The van der Waals surface area contributed by atoms with E-state index in [9.17, 15) is 13.6 Å². The van der Waals surface area contributed by atoms with E-state index in [1.807, 2.05) is 18.2 Å². The van der Waals surface area contributed by atoms with E-state index in [-0.39, 0.29) is 0 Å². The number of nitrogens with two attached hydrogens (primary N) is 1. The molecule has 0 bridgehead atoms. The number of primary amides is 1.